The van der Waals surface area contributed by atoms with Crippen LogP contribution in [0, 0.1) is 0 Å². The summed E-state index contributed by atoms with van der Waals surface area (Å²) < 4.78 is 5.70. The van der Waals surface area contributed by atoms with Crippen LogP contribution in [0.1, 0.15) is 32.4 Å². The van der Waals surface area contributed by atoms with E-state index >= 15 is 0 Å². The van der Waals surface area contributed by atoms with Gasteiger partial charge in [-0.25, -0.2) is 0 Å². The average molecular weight is 291 g/mol. The number of hydrogen-bond donors (Lipinski definition) is 1. The second kappa shape index (κ2) is 6.77. The summed E-state index contributed by atoms with van der Waals surface area (Å²) >= 11 is 0. The summed E-state index contributed by atoms with van der Waals surface area (Å²) in [6, 6.07) is 8.11. The molecule has 0 aliphatic carbocycles. The van der Waals surface area contributed by atoms with Gasteiger partial charge in [0.25, 0.3) is 0 Å². The van der Waals surface area contributed by atoms with Crippen LogP contribution in [0.2, 0.25) is 0 Å². The lowest BCUT2D eigenvalue weighted by atomic mass is 9.98. The molecular formula is C17H29N3O. The van der Waals surface area contributed by atoms with Gasteiger partial charge in [-0.05, 0) is 33.9 Å². The van der Waals surface area contributed by atoms with Crippen molar-refractivity contribution >= 4 is 0 Å². The number of benzene rings is 1. The maximum absolute atomic E-state index is 6.44. The monoisotopic (exact) mass is 291 g/mol. The summed E-state index contributed by atoms with van der Waals surface area (Å²) in [4.78, 5) is 4.89. The van der Waals surface area contributed by atoms with Crippen molar-refractivity contribution in [3.8, 4) is 5.75 Å². The van der Waals surface area contributed by atoms with E-state index in [1.807, 2.05) is 25.1 Å². The van der Waals surface area contributed by atoms with Gasteiger partial charge < -0.3 is 10.5 Å². The number of ether oxygens (including phenoxy) is 1. The number of piperazine rings is 1. The van der Waals surface area contributed by atoms with Crippen molar-refractivity contribution in [2.75, 3.05) is 39.8 Å². The molecule has 0 saturated carbocycles. The fraction of sp³-hybridized carbons (Fsp3) is 0.647. The zero-order chi connectivity index (χ0) is 15.5. The van der Waals surface area contributed by atoms with Crippen molar-refractivity contribution in [3.63, 3.8) is 0 Å². The first-order valence-corrected chi connectivity index (χ1v) is 7.85. The fourth-order valence-electron chi connectivity index (χ4n) is 2.95. The van der Waals surface area contributed by atoms with E-state index in [4.69, 9.17) is 10.5 Å². The highest BCUT2D eigenvalue weighted by Crippen LogP contribution is 2.26. The zero-order valence-electron chi connectivity index (χ0n) is 13.8. The summed E-state index contributed by atoms with van der Waals surface area (Å²) in [5, 5.41) is 0. The number of nitrogens with zero attached hydrogens (tertiary/aromatic N) is 2. The molecule has 2 rings (SSSR count). The molecule has 1 aliphatic heterocycles. The van der Waals surface area contributed by atoms with Crippen LogP contribution in [0.5, 0.6) is 5.75 Å². The Balaban J connectivity index is 2.03. The molecule has 1 unspecified atom stereocenters. The van der Waals surface area contributed by atoms with E-state index in [0.717, 1.165) is 37.5 Å². The smallest absolute Gasteiger partial charge is 0.124 e. The predicted octanol–water partition coefficient (Wildman–Crippen LogP) is 2.11. The van der Waals surface area contributed by atoms with E-state index < -0.39 is 0 Å². The molecule has 1 heterocycles. The molecule has 0 spiro atoms. The SMILES string of the molecule is CCOc1ccccc1C(N)CN1CCN(C)C(C)(C)C1. The molecule has 0 amide bonds. The third kappa shape index (κ3) is 3.96. The predicted molar refractivity (Wildman–Crippen MR) is 87.7 cm³/mol. The Hall–Kier alpha value is -1.10. The first-order chi connectivity index (χ1) is 9.94. The lowest BCUT2D eigenvalue weighted by molar-refractivity contribution is 0.0370. The van der Waals surface area contributed by atoms with Gasteiger partial charge in [-0.3, -0.25) is 9.80 Å². The highest BCUT2D eigenvalue weighted by atomic mass is 16.5. The molecular weight excluding hydrogens is 262 g/mol. The van der Waals surface area contributed by atoms with Gasteiger partial charge in [-0.15, -0.1) is 0 Å². The lowest BCUT2D eigenvalue weighted by Crippen LogP contribution is -2.58. The standard InChI is InChI=1S/C17H29N3O/c1-5-21-16-9-7-6-8-14(16)15(18)12-20-11-10-19(4)17(2,3)13-20/h6-9,15H,5,10-13,18H2,1-4H3. The van der Waals surface area contributed by atoms with Crippen LogP contribution >= 0.6 is 0 Å². The molecule has 4 heteroatoms. The average Bonchev–Trinajstić information content (AvgIpc) is 2.43. The van der Waals surface area contributed by atoms with E-state index in [-0.39, 0.29) is 11.6 Å². The van der Waals surface area contributed by atoms with Crippen molar-refractivity contribution < 1.29 is 4.74 Å². The normalized spacial score (nSPS) is 21.2. The van der Waals surface area contributed by atoms with Crippen molar-refractivity contribution in [2.24, 2.45) is 5.73 Å². The van der Waals surface area contributed by atoms with Gasteiger partial charge in [0.05, 0.1) is 6.61 Å². The van der Waals surface area contributed by atoms with Crippen molar-refractivity contribution in [3.05, 3.63) is 29.8 Å². The van der Waals surface area contributed by atoms with Crippen molar-refractivity contribution in [1.29, 1.82) is 0 Å². The van der Waals surface area contributed by atoms with Gasteiger partial charge in [0.1, 0.15) is 5.75 Å². The Morgan fingerprint density at radius 3 is 2.67 bits per heavy atom. The van der Waals surface area contributed by atoms with Crippen LogP contribution in [0.25, 0.3) is 0 Å². The molecule has 4 nitrogen and oxygen atoms in total. The molecule has 1 aromatic carbocycles. The second-order valence-corrected chi connectivity index (χ2v) is 6.55. The topological polar surface area (TPSA) is 41.7 Å². The first kappa shape index (κ1) is 16.3. The number of para-hydroxylation sites is 1. The summed E-state index contributed by atoms with van der Waals surface area (Å²) in [5.74, 6) is 0.917. The highest BCUT2D eigenvalue weighted by Gasteiger charge is 2.31. The third-order valence-corrected chi connectivity index (χ3v) is 4.47. The van der Waals surface area contributed by atoms with Gasteiger partial charge in [-0.1, -0.05) is 18.2 Å². The van der Waals surface area contributed by atoms with Crippen LogP contribution < -0.4 is 10.5 Å². The van der Waals surface area contributed by atoms with E-state index in [1.54, 1.807) is 0 Å². The summed E-state index contributed by atoms with van der Waals surface area (Å²) in [6.07, 6.45) is 0. The summed E-state index contributed by atoms with van der Waals surface area (Å²) in [6.45, 7) is 11.3. The van der Waals surface area contributed by atoms with Gasteiger partial charge in [0.2, 0.25) is 0 Å². The molecule has 1 aromatic rings. The Kier molecular flexibility index (Phi) is 5.25. The quantitative estimate of drug-likeness (QED) is 0.902. The number of rotatable bonds is 5. The first-order valence-electron chi connectivity index (χ1n) is 7.85. The Labute approximate surface area is 128 Å². The molecule has 1 aliphatic rings. The Bertz CT molecular complexity index is 461. The molecule has 118 valence electrons. The summed E-state index contributed by atoms with van der Waals surface area (Å²) in [7, 11) is 2.20. The Morgan fingerprint density at radius 2 is 2.00 bits per heavy atom. The molecule has 21 heavy (non-hydrogen) atoms. The van der Waals surface area contributed by atoms with Gasteiger partial charge in [-0.2, -0.15) is 0 Å². The third-order valence-electron chi connectivity index (χ3n) is 4.47. The number of nitrogens with two attached hydrogens (primary N) is 1. The van der Waals surface area contributed by atoms with Crippen molar-refractivity contribution in [2.45, 2.75) is 32.4 Å². The van der Waals surface area contributed by atoms with Gasteiger partial charge in [0, 0.05) is 43.3 Å². The van der Waals surface area contributed by atoms with Crippen molar-refractivity contribution in [1.82, 2.24) is 9.80 Å². The molecule has 0 bridgehead atoms. The summed E-state index contributed by atoms with van der Waals surface area (Å²) in [5.41, 5.74) is 7.76. The largest absolute Gasteiger partial charge is 0.494 e. The second-order valence-electron chi connectivity index (χ2n) is 6.55. The van der Waals surface area contributed by atoms with E-state index in [1.165, 1.54) is 0 Å². The van der Waals surface area contributed by atoms with E-state index in [2.05, 4.69) is 36.8 Å². The number of hydrogen-bond acceptors (Lipinski definition) is 4. The maximum Gasteiger partial charge on any atom is 0.124 e. The van der Waals surface area contributed by atoms with Crippen LogP contribution in [0.15, 0.2) is 24.3 Å². The Morgan fingerprint density at radius 1 is 1.29 bits per heavy atom. The lowest BCUT2D eigenvalue weighted by Gasteiger charge is -2.46. The van der Waals surface area contributed by atoms with Crippen LogP contribution in [-0.4, -0.2) is 55.2 Å². The van der Waals surface area contributed by atoms with Crippen LogP contribution in [0.3, 0.4) is 0 Å². The molecule has 1 fully saturated rings. The minimum Gasteiger partial charge on any atom is -0.494 e. The molecule has 1 atom stereocenters. The number of likely N-dealkylation sites (N-methyl/N-ethyl adjacent to an activating group) is 1. The minimum absolute atomic E-state index is 0.00745. The molecule has 2 N–H and O–H groups in total. The van der Waals surface area contributed by atoms with Gasteiger partial charge >= 0.3 is 0 Å². The highest BCUT2D eigenvalue weighted by molar-refractivity contribution is 5.36. The minimum atomic E-state index is -0.00745. The van der Waals surface area contributed by atoms with E-state index in [0.29, 0.717) is 6.61 Å². The van der Waals surface area contributed by atoms with Crippen LogP contribution in [0.4, 0.5) is 0 Å². The van der Waals surface area contributed by atoms with Gasteiger partial charge in [0.15, 0.2) is 0 Å². The fourth-order valence-corrected chi connectivity index (χ4v) is 2.95. The molecule has 0 radical (unpaired) electrons. The molecule has 0 aromatic heterocycles. The maximum atomic E-state index is 6.44. The molecule has 1 saturated heterocycles. The van der Waals surface area contributed by atoms with E-state index in [9.17, 15) is 0 Å². The van der Waals surface area contributed by atoms with Crippen LogP contribution in [-0.2, 0) is 0 Å². The zero-order valence-corrected chi connectivity index (χ0v) is 13.8.